The van der Waals surface area contributed by atoms with Crippen molar-refractivity contribution < 1.29 is 8.94 Å². The third kappa shape index (κ3) is 1.96. The molecule has 3 aromatic rings. The van der Waals surface area contributed by atoms with Gasteiger partial charge in [-0.05, 0) is 25.8 Å². The Kier molecular flexibility index (Phi) is 2.66. The number of furan rings is 1. The maximum atomic E-state index is 5.46. The van der Waals surface area contributed by atoms with Gasteiger partial charge in [0.15, 0.2) is 0 Å². The van der Waals surface area contributed by atoms with E-state index in [2.05, 4.69) is 20.5 Å². The van der Waals surface area contributed by atoms with Crippen LogP contribution in [-0.2, 0) is 19.9 Å². The number of aromatic nitrogens is 5. The Morgan fingerprint density at radius 1 is 1.38 bits per heavy atom. The molecule has 0 N–H and O–H groups in total. The third-order valence-corrected chi connectivity index (χ3v) is 4.08. The molecular weight excluding hydrogens is 270 g/mol. The summed E-state index contributed by atoms with van der Waals surface area (Å²) in [5.74, 6) is 2.29. The molecular formula is C14H15N5O2. The molecule has 3 heterocycles. The molecule has 4 rings (SSSR count). The minimum atomic E-state index is 0.225. The molecule has 7 heteroatoms. The molecule has 0 aliphatic heterocycles. The summed E-state index contributed by atoms with van der Waals surface area (Å²) in [5.41, 5.74) is 3.12. The smallest absolute Gasteiger partial charge is 0.230 e. The molecule has 21 heavy (non-hydrogen) atoms. The van der Waals surface area contributed by atoms with Crippen molar-refractivity contribution in [1.82, 2.24) is 25.1 Å². The van der Waals surface area contributed by atoms with E-state index in [0.29, 0.717) is 11.7 Å². The van der Waals surface area contributed by atoms with Crippen LogP contribution in [0.2, 0.25) is 0 Å². The zero-order valence-electron chi connectivity index (χ0n) is 11.9. The molecule has 0 bridgehead atoms. The number of rotatable bonds is 2. The van der Waals surface area contributed by atoms with Crippen LogP contribution in [0.15, 0.2) is 21.3 Å². The standard InChI is InChI=1S/C14H15N5O2/c1-8-10(5-6-20-8)13-15-14(21-17-13)9-3-4-11-12(7-9)19(2)18-16-11/h5-6,9H,3-4,7H2,1-2H3. The lowest BCUT2D eigenvalue weighted by Gasteiger charge is -2.17. The fourth-order valence-electron chi connectivity index (χ4n) is 2.85. The van der Waals surface area contributed by atoms with Crippen molar-refractivity contribution in [3.05, 3.63) is 35.4 Å². The summed E-state index contributed by atoms with van der Waals surface area (Å²) in [5, 5.41) is 12.3. The van der Waals surface area contributed by atoms with Crippen molar-refractivity contribution in [3.8, 4) is 11.4 Å². The predicted molar refractivity (Wildman–Crippen MR) is 72.5 cm³/mol. The lowest BCUT2D eigenvalue weighted by atomic mass is 9.89. The zero-order valence-corrected chi connectivity index (χ0v) is 11.9. The summed E-state index contributed by atoms with van der Waals surface area (Å²) in [6.07, 6.45) is 4.33. The maximum absolute atomic E-state index is 5.46. The Hall–Kier alpha value is -2.44. The van der Waals surface area contributed by atoms with Gasteiger partial charge in [-0.2, -0.15) is 4.98 Å². The molecule has 0 radical (unpaired) electrons. The zero-order chi connectivity index (χ0) is 14.4. The molecule has 1 aliphatic carbocycles. The molecule has 108 valence electrons. The molecule has 0 aromatic carbocycles. The third-order valence-electron chi connectivity index (χ3n) is 4.08. The minimum absolute atomic E-state index is 0.225. The first-order chi connectivity index (χ1) is 10.2. The molecule has 0 spiro atoms. The van der Waals surface area contributed by atoms with Crippen molar-refractivity contribution in [1.29, 1.82) is 0 Å². The van der Waals surface area contributed by atoms with Gasteiger partial charge in [-0.15, -0.1) is 5.10 Å². The van der Waals surface area contributed by atoms with Crippen LogP contribution in [0.25, 0.3) is 11.4 Å². The number of fused-ring (bicyclic) bond motifs is 1. The van der Waals surface area contributed by atoms with Crippen LogP contribution in [0, 0.1) is 6.92 Å². The lowest BCUT2D eigenvalue weighted by molar-refractivity contribution is 0.338. The monoisotopic (exact) mass is 285 g/mol. The van der Waals surface area contributed by atoms with Crippen molar-refractivity contribution in [3.63, 3.8) is 0 Å². The molecule has 1 atom stereocenters. The molecule has 0 amide bonds. The molecule has 0 saturated carbocycles. The Balaban J connectivity index is 1.63. The van der Waals surface area contributed by atoms with Gasteiger partial charge in [-0.25, -0.2) is 0 Å². The van der Waals surface area contributed by atoms with Crippen molar-refractivity contribution in [2.75, 3.05) is 0 Å². The summed E-state index contributed by atoms with van der Waals surface area (Å²) < 4.78 is 12.6. The number of aryl methyl sites for hydroxylation is 3. The quantitative estimate of drug-likeness (QED) is 0.716. The van der Waals surface area contributed by atoms with Gasteiger partial charge < -0.3 is 8.94 Å². The van der Waals surface area contributed by atoms with Crippen LogP contribution < -0.4 is 0 Å². The van der Waals surface area contributed by atoms with E-state index in [-0.39, 0.29) is 5.92 Å². The summed E-state index contributed by atoms with van der Waals surface area (Å²) >= 11 is 0. The van der Waals surface area contributed by atoms with Crippen molar-refractivity contribution >= 4 is 0 Å². The second-order valence-corrected chi connectivity index (χ2v) is 5.39. The van der Waals surface area contributed by atoms with Gasteiger partial charge in [0.1, 0.15) is 5.76 Å². The van der Waals surface area contributed by atoms with Crippen molar-refractivity contribution in [2.24, 2.45) is 7.05 Å². The van der Waals surface area contributed by atoms with Crippen LogP contribution in [0.1, 0.15) is 35.4 Å². The highest BCUT2D eigenvalue weighted by Gasteiger charge is 2.28. The lowest BCUT2D eigenvalue weighted by Crippen LogP contribution is -2.15. The second kappa shape index (κ2) is 4.54. The molecule has 7 nitrogen and oxygen atoms in total. The van der Waals surface area contributed by atoms with E-state index in [4.69, 9.17) is 8.94 Å². The normalized spacial score (nSPS) is 17.9. The summed E-state index contributed by atoms with van der Waals surface area (Å²) in [7, 11) is 1.92. The number of hydrogen-bond acceptors (Lipinski definition) is 6. The fourth-order valence-corrected chi connectivity index (χ4v) is 2.85. The predicted octanol–water partition coefficient (Wildman–Crippen LogP) is 2.04. The van der Waals surface area contributed by atoms with Crippen LogP contribution in [-0.4, -0.2) is 25.1 Å². The highest BCUT2D eigenvalue weighted by molar-refractivity contribution is 5.56. The molecule has 1 aliphatic rings. The Morgan fingerprint density at radius 3 is 3.10 bits per heavy atom. The fraction of sp³-hybridized carbons (Fsp3) is 0.429. The summed E-state index contributed by atoms with van der Waals surface area (Å²) in [6.45, 7) is 1.89. The van der Waals surface area contributed by atoms with Gasteiger partial charge in [0.05, 0.1) is 23.2 Å². The SMILES string of the molecule is Cc1occc1-c1noc(C2CCc3nnn(C)c3C2)n1. The topological polar surface area (TPSA) is 82.8 Å². The largest absolute Gasteiger partial charge is 0.469 e. The summed E-state index contributed by atoms with van der Waals surface area (Å²) in [4.78, 5) is 4.54. The van der Waals surface area contributed by atoms with E-state index in [1.54, 1.807) is 6.26 Å². The van der Waals surface area contributed by atoms with E-state index in [9.17, 15) is 0 Å². The van der Waals surface area contributed by atoms with E-state index in [1.807, 2.05) is 24.7 Å². The van der Waals surface area contributed by atoms with Crippen LogP contribution in [0.4, 0.5) is 0 Å². The molecule has 1 unspecified atom stereocenters. The first-order valence-electron chi connectivity index (χ1n) is 6.98. The maximum Gasteiger partial charge on any atom is 0.230 e. The van der Waals surface area contributed by atoms with E-state index in [0.717, 1.165) is 42.0 Å². The van der Waals surface area contributed by atoms with Crippen LogP contribution in [0.5, 0.6) is 0 Å². The van der Waals surface area contributed by atoms with Gasteiger partial charge in [0.2, 0.25) is 11.7 Å². The average molecular weight is 285 g/mol. The first-order valence-corrected chi connectivity index (χ1v) is 6.98. The summed E-state index contributed by atoms with van der Waals surface area (Å²) in [6, 6.07) is 1.86. The van der Waals surface area contributed by atoms with E-state index >= 15 is 0 Å². The first kappa shape index (κ1) is 12.3. The Morgan fingerprint density at radius 2 is 2.29 bits per heavy atom. The molecule has 0 fully saturated rings. The highest BCUT2D eigenvalue weighted by Crippen LogP contribution is 2.32. The average Bonchev–Trinajstić information content (AvgIpc) is 3.19. The van der Waals surface area contributed by atoms with Gasteiger partial charge in [0.25, 0.3) is 0 Å². The number of nitrogens with zero attached hydrogens (tertiary/aromatic N) is 5. The molecule has 0 saturated heterocycles. The number of hydrogen-bond donors (Lipinski definition) is 0. The van der Waals surface area contributed by atoms with Crippen molar-refractivity contribution in [2.45, 2.75) is 32.1 Å². The Labute approximate surface area is 121 Å². The van der Waals surface area contributed by atoms with Crippen LogP contribution in [0.3, 0.4) is 0 Å². The second-order valence-electron chi connectivity index (χ2n) is 5.39. The van der Waals surface area contributed by atoms with Gasteiger partial charge >= 0.3 is 0 Å². The van der Waals surface area contributed by atoms with Gasteiger partial charge in [-0.3, -0.25) is 4.68 Å². The highest BCUT2D eigenvalue weighted by atomic mass is 16.5. The van der Waals surface area contributed by atoms with Gasteiger partial charge in [0, 0.05) is 19.4 Å². The minimum Gasteiger partial charge on any atom is -0.469 e. The van der Waals surface area contributed by atoms with E-state index < -0.39 is 0 Å². The Bertz CT molecular complexity index is 785. The van der Waals surface area contributed by atoms with Gasteiger partial charge in [-0.1, -0.05) is 10.4 Å². The molecule has 3 aromatic heterocycles. The van der Waals surface area contributed by atoms with Crippen LogP contribution >= 0.6 is 0 Å². The van der Waals surface area contributed by atoms with E-state index in [1.165, 1.54) is 0 Å².